The van der Waals surface area contributed by atoms with E-state index in [1.165, 1.54) is 0 Å². The fourth-order valence-electron chi connectivity index (χ4n) is 3.07. The Morgan fingerprint density at radius 1 is 1.25 bits per heavy atom. The van der Waals surface area contributed by atoms with Gasteiger partial charge in [0.05, 0.1) is 5.52 Å². The molecule has 0 unspecified atom stereocenters. The lowest BCUT2D eigenvalue weighted by Gasteiger charge is -2.11. The van der Waals surface area contributed by atoms with E-state index < -0.39 is 0 Å². The van der Waals surface area contributed by atoms with Gasteiger partial charge in [0.15, 0.2) is 5.65 Å². The first-order chi connectivity index (χ1) is 11.6. The maximum absolute atomic E-state index is 12.0. The molecule has 126 valence electrons. The number of hydrogen-bond donors (Lipinski definition) is 1. The van der Waals surface area contributed by atoms with Crippen molar-refractivity contribution in [2.45, 2.75) is 46.5 Å². The SMILES string of the molecule is CCCCNC(=O)CCc1c(C)nc2c3ccccc3nn2c1C. The van der Waals surface area contributed by atoms with Crippen LogP contribution in [0.15, 0.2) is 24.3 Å². The van der Waals surface area contributed by atoms with Gasteiger partial charge in [-0.25, -0.2) is 9.50 Å². The summed E-state index contributed by atoms with van der Waals surface area (Å²) in [6.45, 7) is 6.94. The van der Waals surface area contributed by atoms with Gasteiger partial charge in [0.2, 0.25) is 5.91 Å². The number of nitrogens with zero attached hydrogens (tertiary/aromatic N) is 3. The number of amides is 1. The van der Waals surface area contributed by atoms with Crippen LogP contribution >= 0.6 is 0 Å². The van der Waals surface area contributed by atoms with Gasteiger partial charge in [-0.2, -0.15) is 5.10 Å². The first-order valence-electron chi connectivity index (χ1n) is 8.62. The van der Waals surface area contributed by atoms with Gasteiger partial charge in [0.25, 0.3) is 0 Å². The van der Waals surface area contributed by atoms with E-state index in [2.05, 4.69) is 24.3 Å². The van der Waals surface area contributed by atoms with E-state index in [4.69, 9.17) is 4.98 Å². The van der Waals surface area contributed by atoms with Crippen molar-refractivity contribution in [1.82, 2.24) is 19.9 Å². The molecule has 0 aliphatic heterocycles. The highest BCUT2D eigenvalue weighted by atomic mass is 16.1. The van der Waals surface area contributed by atoms with Crippen LogP contribution in [0.2, 0.25) is 0 Å². The van der Waals surface area contributed by atoms with Crippen LogP contribution in [0.25, 0.3) is 16.6 Å². The molecule has 24 heavy (non-hydrogen) atoms. The molecule has 0 bridgehead atoms. The first kappa shape index (κ1) is 16.4. The predicted molar refractivity (Wildman–Crippen MR) is 96.2 cm³/mol. The zero-order chi connectivity index (χ0) is 17.1. The van der Waals surface area contributed by atoms with Crippen molar-refractivity contribution in [1.29, 1.82) is 0 Å². The largest absolute Gasteiger partial charge is 0.356 e. The Morgan fingerprint density at radius 2 is 2.04 bits per heavy atom. The van der Waals surface area contributed by atoms with Crippen molar-refractivity contribution < 1.29 is 4.79 Å². The van der Waals surface area contributed by atoms with E-state index in [1.54, 1.807) is 0 Å². The minimum absolute atomic E-state index is 0.105. The monoisotopic (exact) mass is 324 g/mol. The number of nitrogens with one attached hydrogen (secondary N) is 1. The lowest BCUT2D eigenvalue weighted by Crippen LogP contribution is -2.24. The summed E-state index contributed by atoms with van der Waals surface area (Å²) in [5.41, 5.74) is 4.99. The molecule has 3 rings (SSSR count). The second-order valence-corrected chi connectivity index (χ2v) is 6.22. The zero-order valence-corrected chi connectivity index (χ0v) is 14.6. The molecule has 0 aliphatic carbocycles. The van der Waals surface area contributed by atoms with E-state index in [9.17, 15) is 4.79 Å². The molecule has 1 amide bonds. The molecular formula is C19H24N4O. The highest BCUT2D eigenvalue weighted by Crippen LogP contribution is 2.22. The molecule has 0 saturated carbocycles. The molecule has 0 aliphatic rings. The molecule has 2 aromatic heterocycles. The van der Waals surface area contributed by atoms with Crippen LogP contribution in [0.4, 0.5) is 0 Å². The number of aryl methyl sites for hydroxylation is 2. The zero-order valence-electron chi connectivity index (χ0n) is 14.6. The third kappa shape index (κ3) is 3.11. The Hall–Kier alpha value is -2.43. The summed E-state index contributed by atoms with van der Waals surface area (Å²) in [6.07, 6.45) is 3.29. The highest BCUT2D eigenvalue weighted by molar-refractivity contribution is 5.92. The van der Waals surface area contributed by atoms with E-state index in [1.807, 2.05) is 35.7 Å². The number of rotatable bonds is 6. The molecular weight excluding hydrogens is 300 g/mol. The summed E-state index contributed by atoms with van der Waals surface area (Å²) in [5.74, 6) is 0.105. The predicted octanol–water partition coefficient (Wildman–Crippen LogP) is 3.35. The molecule has 0 radical (unpaired) electrons. The summed E-state index contributed by atoms with van der Waals surface area (Å²) in [7, 11) is 0. The molecule has 0 fully saturated rings. The number of aromatic nitrogens is 3. The van der Waals surface area contributed by atoms with Crippen LogP contribution in [-0.2, 0) is 11.2 Å². The van der Waals surface area contributed by atoms with Gasteiger partial charge in [-0.05, 0) is 44.4 Å². The van der Waals surface area contributed by atoms with E-state index in [0.717, 1.165) is 52.9 Å². The molecule has 3 aromatic rings. The van der Waals surface area contributed by atoms with Gasteiger partial charge in [0, 0.05) is 29.7 Å². The maximum atomic E-state index is 12.0. The van der Waals surface area contributed by atoms with Gasteiger partial charge in [0.1, 0.15) is 0 Å². The Morgan fingerprint density at radius 3 is 2.83 bits per heavy atom. The van der Waals surface area contributed by atoms with Crippen LogP contribution in [-0.4, -0.2) is 27.0 Å². The first-order valence-corrected chi connectivity index (χ1v) is 8.62. The minimum atomic E-state index is 0.105. The lowest BCUT2D eigenvalue weighted by molar-refractivity contribution is -0.121. The second kappa shape index (κ2) is 6.99. The summed E-state index contributed by atoms with van der Waals surface area (Å²) in [5, 5.41) is 8.69. The fourth-order valence-corrected chi connectivity index (χ4v) is 3.07. The van der Waals surface area contributed by atoms with E-state index in [-0.39, 0.29) is 5.91 Å². The van der Waals surface area contributed by atoms with Gasteiger partial charge >= 0.3 is 0 Å². The van der Waals surface area contributed by atoms with E-state index >= 15 is 0 Å². The highest BCUT2D eigenvalue weighted by Gasteiger charge is 2.14. The number of carbonyl (C=O) groups is 1. The Kier molecular flexibility index (Phi) is 4.79. The van der Waals surface area contributed by atoms with Crippen molar-refractivity contribution in [2.75, 3.05) is 6.54 Å². The average molecular weight is 324 g/mol. The topological polar surface area (TPSA) is 59.3 Å². The summed E-state index contributed by atoms with van der Waals surface area (Å²) >= 11 is 0. The third-order valence-corrected chi connectivity index (χ3v) is 4.47. The van der Waals surface area contributed by atoms with Crippen LogP contribution in [0.5, 0.6) is 0 Å². The smallest absolute Gasteiger partial charge is 0.220 e. The molecule has 2 heterocycles. The number of carbonyl (C=O) groups excluding carboxylic acids is 1. The molecule has 0 atom stereocenters. The molecule has 0 saturated heterocycles. The molecule has 1 aromatic carbocycles. The molecule has 5 heteroatoms. The summed E-state index contributed by atoms with van der Waals surface area (Å²) < 4.78 is 1.90. The molecule has 0 spiro atoms. The van der Waals surface area contributed by atoms with Crippen molar-refractivity contribution in [2.24, 2.45) is 0 Å². The number of benzene rings is 1. The van der Waals surface area contributed by atoms with Crippen LogP contribution in [0.1, 0.15) is 43.1 Å². The maximum Gasteiger partial charge on any atom is 0.220 e. The van der Waals surface area contributed by atoms with Gasteiger partial charge in [-0.15, -0.1) is 0 Å². The number of unbranched alkanes of at least 4 members (excludes halogenated alkanes) is 1. The fraction of sp³-hybridized carbons (Fsp3) is 0.421. The van der Waals surface area contributed by atoms with Gasteiger partial charge < -0.3 is 5.32 Å². The van der Waals surface area contributed by atoms with Gasteiger partial charge in [-0.3, -0.25) is 4.79 Å². The third-order valence-electron chi connectivity index (χ3n) is 4.47. The summed E-state index contributed by atoms with van der Waals surface area (Å²) in [4.78, 5) is 16.7. The standard InChI is InChI=1S/C19H24N4O/c1-4-5-12-20-18(24)11-10-15-13(2)21-19-16-8-6-7-9-17(16)22-23(19)14(15)3/h6-9H,4-5,10-12H2,1-3H3,(H,20,24). The number of fused-ring (bicyclic) bond motifs is 3. The Labute approximate surface area is 142 Å². The molecule has 5 nitrogen and oxygen atoms in total. The Balaban J connectivity index is 1.86. The van der Waals surface area contributed by atoms with Crippen molar-refractivity contribution in [3.05, 3.63) is 41.2 Å². The van der Waals surface area contributed by atoms with Crippen LogP contribution < -0.4 is 5.32 Å². The van der Waals surface area contributed by atoms with Crippen molar-refractivity contribution in [3.63, 3.8) is 0 Å². The second-order valence-electron chi connectivity index (χ2n) is 6.22. The minimum Gasteiger partial charge on any atom is -0.356 e. The normalized spacial score (nSPS) is 11.3. The molecule has 1 N–H and O–H groups in total. The van der Waals surface area contributed by atoms with Crippen molar-refractivity contribution >= 4 is 22.5 Å². The van der Waals surface area contributed by atoms with Crippen LogP contribution in [0, 0.1) is 13.8 Å². The van der Waals surface area contributed by atoms with Gasteiger partial charge in [-0.1, -0.05) is 25.5 Å². The quantitative estimate of drug-likeness (QED) is 0.707. The summed E-state index contributed by atoms with van der Waals surface area (Å²) in [6, 6.07) is 8.04. The average Bonchev–Trinajstić information content (AvgIpc) is 2.94. The van der Waals surface area contributed by atoms with Crippen molar-refractivity contribution in [3.8, 4) is 0 Å². The Bertz CT molecular complexity index is 882. The lowest BCUT2D eigenvalue weighted by atomic mass is 10.1. The van der Waals surface area contributed by atoms with E-state index in [0.29, 0.717) is 12.8 Å². The number of hydrogen-bond acceptors (Lipinski definition) is 3. The van der Waals surface area contributed by atoms with Crippen LogP contribution in [0.3, 0.4) is 0 Å².